The van der Waals surface area contributed by atoms with Gasteiger partial charge in [-0.25, -0.2) is 0 Å². The number of anilines is 1. The molecule has 2 N–H and O–H groups in total. The lowest BCUT2D eigenvalue weighted by atomic mass is 10.0. The topological polar surface area (TPSA) is 117 Å². The summed E-state index contributed by atoms with van der Waals surface area (Å²) in [6.07, 6.45) is 1.33. The average Bonchev–Trinajstić information content (AvgIpc) is 2.70. The Morgan fingerprint density at radius 1 is 1.34 bits per heavy atom. The van der Waals surface area contributed by atoms with Crippen LogP contribution in [0.2, 0.25) is 0 Å². The van der Waals surface area contributed by atoms with Gasteiger partial charge in [-0.1, -0.05) is 23.8 Å². The van der Waals surface area contributed by atoms with Crippen molar-refractivity contribution < 1.29 is 14.5 Å². The number of nitriles is 1. The molecule has 0 spiro atoms. The fraction of sp³-hybridized carbons (Fsp3) is 0.238. The van der Waals surface area contributed by atoms with Crippen LogP contribution in [0.5, 0.6) is 5.75 Å². The fourth-order valence-electron chi connectivity index (χ4n) is 2.64. The molecule has 2 aromatic carbocycles. The fourth-order valence-corrected chi connectivity index (χ4v) is 2.64. The molecule has 29 heavy (non-hydrogen) atoms. The summed E-state index contributed by atoms with van der Waals surface area (Å²) in [5.41, 5.74) is 1.88. The number of non-ortho nitro benzene ring substituents is 1. The Labute approximate surface area is 169 Å². The quantitative estimate of drug-likeness (QED) is 0.302. The van der Waals surface area contributed by atoms with Gasteiger partial charge in [-0.3, -0.25) is 14.9 Å². The summed E-state index contributed by atoms with van der Waals surface area (Å²) in [6.45, 7) is 6.28. The van der Waals surface area contributed by atoms with Gasteiger partial charge in [0.1, 0.15) is 17.4 Å². The third-order valence-electron chi connectivity index (χ3n) is 4.09. The van der Waals surface area contributed by atoms with E-state index in [0.717, 1.165) is 16.9 Å². The largest absolute Gasteiger partial charge is 0.494 e. The zero-order valence-corrected chi connectivity index (χ0v) is 16.4. The third kappa shape index (κ3) is 5.81. The van der Waals surface area contributed by atoms with E-state index >= 15 is 0 Å². The van der Waals surface area contributed by atoms with Crippen molar-refractivity contribution in [3.8, 4) is 11.8 Å². The van der Waals surface area contributed by atoms with Crippen molar-refractivity contribution in [2.75, 3.05) is 11.9 Å². The van der Waals surface area contributed by atoms with E-state index in [0.29, 0.717) is 6.61 Å². The molecule has 2 rings (SSSR count). The minimum atomic E-state index is -0.665. The number of ether oxygens (including phenoxy) is 1. The van der Waals surface area contributed by atoms with Crippen LogP contribution >= 0.6 is 0 Å². The maximum absolute atomic E-state index is 12.4. The molecule has 0 heterocycles. The van der Waals surface area contributed by atoms with Crippen LogP contribution in [-0.2, 0) is 4.79 Å². The van der Waals surface area contributed by atoms with E-state index < -0.39 is 10.8 Å². The first-order valence-electron chi connectivity index (χ1n) is 9.01. The summed E-state index contributed by atoms with van der Waals surface area (Å²) < 4.78 is 5.64. The van der Waals surface area contributed by atoms with Gasteiger partial charge in [0.15, 0.2) is 0 Å². The molecule has 150 valence electrons. The number of hydrogen-bond acceptors (Lipinski definition) is 6. The van der Waals surface area contributed by atoms with Gasteiger partial charge in [0.2, 0.25) is 0 Å². The lowest BCUT2D eigenvalue weighted by Crippen LogP contribution is -2.19. The second-order valence-corrected chi connectivity index (χ2v) is 6.29. The van der Waals surface area contributed by atoms with Crippen molar-refractivity contribution in [3.63, 3.8) is 0 Å². The predicted molar refractivity (Wildman–Crippen MR) is 109 cm³/mol. The normalized spacial score (nSPS) is 11.9. The molecule has 0 aliphatic heterocycles. The summed E-state index contributed by atoms with van der Waals surface area (Å²) in [5.74, 6) is 0.0630. The summed E-state index contributed by atoms with van der Waals surface area (Å²) in [6, 6.07) is 12.9. The Morgan fingerprint density at radius 2 is 2.10 bits per heavy atom. The van der Waals surface area contributed by atoms with E-state index in [1.807, 2.05) is 45.0 Å². The van der Waals surface area contributed by atoms with E-state index in [9.17, 15) is 20.2 Å². The van der Waals surface area contributed by atoms with Crippen LogP contribution in [0.4, 0.5) is 11.4 Å². The predicted octanol–water partition coefficient (Wildman–Crippen LogP) is 4.00. The number of carbonyl (C=O) groups is 1. The van der Waals surface area contributed by atoms with Crippen LogP contribution in [0.1, 0.15) is 31.0 Å². The Hall–Kier alpha value is -3.86. The number of nitro benzene ring substituents is 1. The molecule has 0 fully saturated rings. The Morgan fingerprint density at radius 3 is 2.76 bits per heavy atom. The van der Waals surface area contributed by atoms with E-state index in [2.05, 4.69) is 10.6 Å². The first kappa shape index (κ1) is 21.4. The number of carbonyl (C=O) groups excluding carboxylic acids is 1. The van der Waals surface area contributed by atoms with E-state index in [1.54, 1.807) is 0 Å². The van der Waals surface area contributed by atoms with Crippen molar-refractivity contribution in [1.82, 2.24) is 5.32 Å². The lowest BCUT2D eigenvalue weighted by Gasteiger charge is -2.18. The standard InChI is InChI=1S/C21H22N4O4/c1-4-29-20-9-8-14(2)10-19(20)15(3)23-13-16(12-22)21(26)24-17-6-5-7-18(11-17)25(27)28/h5-11,13,15,23H,4H2,1-3H3,(H,24,26)/b16-13-. The number of hydrogen-bond donors (Lipinski definition) is 2. The molecule has 8 heteroatoms. The van der Waals surface area contributed by atoms with Crippen molar-refractivity contribution in [2.45, 2.75) is 26.8 Å². The van der Waals surface area contributed by atoms with Crippen LogP contribution in [-0.4, -0.2) is 17.4 Å². The van der Waals surface area contributed by atoms with Crippen molar-refractivity contribution in [3.05, 3.63) is 75.5 Å². The molecular formula is C21H22N4O4. The highest BCUT2D eigenvalue weighted by atomic mass is 16.6. The zero-order valence-electron chi connectivity index (χ0n) is 16.4. The number of nitrogens with zero attached hydrogens (tertiary/aromatic N) is 2. The number of aryl methyl sites for hydroxylation is 1. The molecule has 0 aromatic heterocycles. The van der Waals surface area contributed by atoms with Crippen molar-refractivity contribution in [1.29, 1.82) is 5.26 Å². The van der Waals surface area contributed by atoms with Gasteiger partial charge in [-0.2, -0.15) is 5.26 Å². The smallest absolute Gasteiger partial charge is 0.271 e. The maximum atomic E-state index is 12.4. The second kappa shape index (κ2) is 9.90. The SMILES string of the molecule is CCOc1ccc(C)cc1C(C)N/C=C(/C#N)C(=O)Nc1cccc([N+](=O)[O-])c1. The highest BCUT2D eigenvalue weighted by molar-refractivity contribution is 6.06. The van der Waals surface area contributed by atoms with Crippen LogP contribution in [0.25, 0.3) is 0 Å². The highest BCUT2D eigenvalue weighted by Crippen LogP contribution is 2.26. The lowest BCUT2D eigenvalue weighted by molar-refractivity contribution is -0.384. The van der Waals surface area contributed by atoms with Crippen LogP contribution in [0, 0.1) is 28.4 Å². The summed E-state index contributed by atoms with van der Waals surface area (Å²) in [5, 5.41) is 25.7. The third-order valence-corrected chi connectivity index (χ3v) is 4.09. The number of benzene rings is 2. The summed E-state index contributed by atoms with van der Waals surface area (Å²) in [4.78, 5) is 22.7. The average molecular weight is 394 g/mol. The Bertz CT molecular complexity index is 979. The van der Waals surface area contributed by atoms with E-state index in [4.69, 9.17) is 4.74 Å². The first-order chi connectivity index (χ1) is 13.8. The molecule has 8 nitrogen and oxygen atoms in total. The van der Waals surface area contributed by atoms with E-state index in [1.165, 1.54) is 30.5 Å². The minimum Gasteiger partial charge on any atom is -0.494 e. The van der Waals surface area contributed by atoms with Crippen molar-refractivity contribution >= 4 is 17.3 Å². The number of amides is 1. The highest BCUT2D eigenvalue weighted by Gasteiger charge is 2.14. The molecule has 0 aliphatic carbocycles. The number of nitro groups is 1. The van der Waals surface area contributed by atoms with Crippen LogP contribution in [0.15, 0.2) is 54.2 Å². The second-order valence-electron chi connectivity index (χ2n) is 6.29. The van der Waals surface area contributed by atoms with Crippen LogP contribution < -0.4 is 15.4 Å². The Balaban J connectivity index is 2.15. The van der Waals surface area contributed by atoms with Gasteiger partial charge in [0.05, 0.1) is 17.6 Å². The maximum Gasteiger partial charge on any atom is 0.271 e. The molecule has 1 unspecified atom stereocenters. The van der Waals surface area contributed by atoms with Gasteiger partial charge in [-0.05, 0) is 32.9 Å². The molecule has 1 amide bonds. The first-order valence-corrected chi connectivity index (χ1v) is 9.01. The number of rotatable bonds is 8. The zero-order chi connectivity index (χ0) is 21.4. The van der Waals surface area contributed by atoms with Crippen LogP contribution in [0.3, 0.4) is 0 Å². The van der Waals surface area contributed by atoms with E-state index in [-0.39, 0.29) is 23.0 Å². The molecule has 0 aliphatic rings. The molecule has 0 saturated heterocycles. The molecule has 0 saturated carbocycles. The molecule has 0 radical (unpaired) electrons. The Kier molecular flexibility index (Phi) is 7.32. The van der Waals surface area contributed by atoms with Gasteiger partial charge >= 0.3 is 0 Å². The van der Waals surface area contributed by atoms with Gasteiger partial charge in [-0.15, -0.1) is 0 Å². The molecular weight excluding hydrogens is 372 g/mol. The minimum absolute atomic E-state index is 0.153. The summed E-state index contributed by atoms with van der Waals surface area (Å²) in [7, 11) is 0. The molecule has 2 aromatic rings. The number of nitrogens with one attached hydrogen (secondary N) is 2. The van der Waals surface area contributed by atoms with Gasteiger partial charge < -0.3 is 15.4 Å². The van der Waals surface area contributed by atoms with Gasteiger partial charge in [0.25, 0.3) is 11.6 Å². The molecule has 0 bridgehead atoms. The van der Waals surface area contributed by atoms with Crippen molar-refractivity contribution in [2.24, 2.45) is 0 Å². The molecule has 1 atom stereocenters. The summed E-state index contributed by atoms with van der Waals surface area (Å²) >= 11 is 0. The monoisotopic (exact) mass is 394 g/mol. The van der Waals surface area contributed by atoms with Gasteiger partial charge in [0, 0.05) is 29.6 Å².